The van der Waals surface area contributed by atoms with Crippen molar-refractivity contribution < 1.29 is 0 Å². The zero-order valence-electron chi connectivity index (χ0n) is 9.44. The van der Waals surface area contributed by atoms with E-state index >= 15 is 0 Å². The van der Waals surface area contributed by atoms with Crippen LogP contribution in [0.2, 0.25) is 0 Å². The van der Waals surface area contributed by atoms with Crippen LogP contribution in [0.1, 0.15) is 11.3 Å². The van der Waals surface area contributed by atoms with Crippen LogP contribution in [0, 0.1) is 11.3 Å². The van der Waals surface area contributed by atoms with Gasteiger partial charge >= 0.3 is 0 Å². The fourth-order valence-electron chi connectivity index (χ4n) is 1.67. The molecule has 0 atom stereocenters. The van der Waals surface area contributed by atoms with Gasteiger partial charge in [-0.25, -0.2) is 0 Å². The maximum Gasteiger partial charge on any atom is 0.101 e. The normalized spacial score (nSPS) is 10.6. The predicted molar refractivity (Wildman–Crippen MR) is 63.8 cm³/mol. The van der Waals surface area contributed by atoms with Gasteiger partial charge in [0.1, 0.15) is 6.07 Å². The smallest absolute Gasteiger partial charge is 0.101 e. The number of hydrogen-bond donors (Lipinski definition) is 0. The number of nitriles is 1. The van der Waals surface area contributed by atoms with Gasteiger partial charge in [0.2, 0.25) is 0 Å². The predicted octanol–water partition coefficient (Wildman–Crippen LogP) is 2.17. The van der Waals surface area contributed by atoms with Crippen molar-refractivity contribution >= 4 is 10.9 Å². The Labute approximate surface area is 94.9 Å². The topological polar surface area (TPSA) is 39.9 Å². The van der Waals surface area contributed by atoms with Gasteiger partial charge in [0.25, 0.3) is 0 Å². The van der Waals surface area contributed by atoms with Gasteiger partial charge in [0.05, 0.1) is 16.8 Å². The number of pyridine rings is 1. The van der Waals surface area contributed by atoms with Crippen LogP contribution >= 0.6 is 0 Å². The number of benzene rings is 1. The molecule has 0 unspecified atom stereocenters. The maximum absolute atomic E-state index is 9.08. The molecule has 0 radical (unpaired) electrons. The average Bonchev–Trinajstić information content (AvgIpc) is 2.27. The summed E-state index contributed by atoms with van der Waals surface area (Å²) in [4.78, 5) is 6.53. The fourth-order valence-corrected chi connectivity index (χ4v) is 1.67. The highest BCUT2D eigenvalue weighted by atomic mass is 15.1. The highest BCUT2D eigenvalue weighted by Gasteiger charge is 2.06. The number of hydrogen-bond acceptors (Lipinski definition) is 3. The van der Waals surface area contributed by atoms with Crippen LogP contribution in [-0.4, -0.2) is 24.0 Å². The summed E-state index contributed by atoms with van der Waals surface area (Å²) in [5.74, 6) is 0. The molecule has 0 amide bonds. The van der Waals surface area contributed by atoms with E-state index in [4.69, 9.17) is 5.26 Å². The molecular weight excluding hydrogens is 198 g/mol. The van der Waals surface area contributed by atoms with E-state index in [-0.39, 0.29) is 0 Å². The molecule has 0 bridgehead atoms. The van der Waals surface area contributed by atoms with Crippen molar-refractivity contribution in [2.45, 2.75) is 6.54 Å². The van der Waals surface area contributed by atoms with Gasteiger partial charge in [-0.15, -0.1) is 0 Å². The van der Waals surface area contributed by atoms with Crippen molar-refractivity contribution in [3.8, 4) is 6.07 Å². The molecular formula is C13H13N3. The minimum Gasteiger partial charge on any atom is -0.304 e. The first-order valence-corrected chi connectivity index (χ1v) is 5.14. The molecule has 1 heterocycles. The van der Waals surface area contributed by atoms with Crippen LogP contribution in [0.3, 0.4) is 0 Å². The Bertz CT molecular complexity index is 553. The Hall–Kier alpha value is -1.92. The number of nitrogens with zero attached hydrogens (tertiary/aromatic N) is 3. The first-order valence-electron chi connectivity index (χ1n) is 5.14. The minimum absolute atomic E-state index is 0.660. The lowest BCUT2D eigenvalue weighted by molar-refractivity contribution is 0.397. The van der Waals surface area contributed by atoms with Crippen molar-refractivity contribution in [3.05, 3.63) is 41.6 Å². The van der Waals surface area contributed by atoms with Crippen molar-refractivity contribution in [1.29, 1.82) is 5.26 Å². The monoisotopic (exact) mass is 211 g/mol. The quantitative estimate of drug-likeness (QED) is 0.764. The highest BCUT2D eigenvalue weighted by Crippen LogP contribution is 2.16. The molecule has 0 aliphatic heterocycles. The lowest BCUT2D eigenvalue weighted by atomic mass is 10.1. The third kappa shape index (κ3) is 2.02. The van der Waals surface area contributed by atoms with Crippen LogP contribution in [0.5, 0.6) is 0 Å². The zero-order chi connectivity index (χ0) is 11.5. The summed E-state index contributed by atoms with van der Waals surface area (Å²) in [6, 6.07) is 12.0. The Morgan fingerprint density at radius 3 is 2.75 bits per heavy atom. The van der Waals surface area contributed by atoms with Gasteiger partial charge < -0.3 is 4.90 Å². The minimum atomic E-state index is 0.660. The third-order valence-electron chi connectivity index (χ3n) is 2.39. The van der Waals surface area contributed by atoms with Crippen LogP contribution in [0.25, 0.3) is 10.9 Å². The molecule has 3 heteroatoms. The fraction of sp³-hybridized carbons (Fsp3) is 0.231. The summed E-state index contributed by atoms with van der Waals surface area (Å²) >= 11 is 0. The Kier molecular flexibility index (Phi) is 2.84. The SMILES string of the molecule is CN(C)Cc1nc2ccccc2cc1C#N. The van der Waals surface area contributed by atoms with Gasteiger partial charge in [-0.1, -0.05) is 18.2 Å². The molecule has 0 aliphatic carbocycles. The van der Waals surface area contributed by atoms with Gasteiger partial charge in [0.15, 0.2) is 0 Å². The number of rotatable bonds is 2. The van der Waals surface area contributed by atoms with Crippen LogP contribution in [-0.2, 0) is 6.54 Å². The number of fused-ring (bicyclic) bond motifs is 1. The molecule has 2 aromatic rings. The highest BCUT2D eigenvalue weighted by molar-refractivity contribution is 5.80. The van der Waals surface area contributed by atoms with Crippen molar-refractivity contribution in [2.24, 2.45) is 0 Å². The summed E-state index contributed by atoms with van der Waals surface area (Å²) in [6.07, 6.45) is 0. The van der Waals surface area contributed by atoms with Crippen LogP contribution < -0.4 is 0 Å². The molecule has 3 nitrogen and oxygen atoms in total. The van der Waals surface area contributed by atoms with Gasteiger partial charge in [-0.3, -0.25) is 4.98 Å². The summed E-state index contributed by atoms with van der Waals surface area (Å²) < 4.78 is 0. The Morgan fingerprint density at radius 2 is 2.06 bits per heavy atom. The van der Waals surface area contributed by atoms with Crippen molar-refractivity contribution in [3.63, 3.8) is 0 Å². The second kappa shape index (κ2) is 4.30. The number of para-hydroxylation sites is 1. The van der Waals surface area contributed by atoms with Crippen LogP contribution in [0.4, 0.5) is 0 Å². The van der Waals surface area contributed by atoms with Crippen LogP contribution in [0.15, 0.2) is 30.3 Å². The molecule has 0 N–H and O–H groups in total. The van der Waals surface area contributed by atoms with E-state index < -0.39 is 0 Å². The molecule has 0 fully saturated rings. The van der Waals surface area contributed by atoms with Gasteiger partial charge in [-0.2, -0.15) is 5.26 Å². The van der Waals surface area contributed by atoms with Gasteiger partial charge in [0, 0.05) is 11.9 Å². The summed E-state index contributed by atoms with van der Waals surface area (Å²) in [7, 11) is 3.94. The van der Waals surface area contributed by atoms with Gasteiger partial charge in [-0.05, 0) is 26.2 Å². The molecule has 16 heavy (non-hydrogen) atoms. The molecule has 2 rings (SSSR count). The molecule has 0 spiro atoms. The molecule has 0 saturated heterocycles. The molecule has 80 valence electrons. The first kappa shape index (κ1) is 10.6. The maximum atomic E-state index is 9.08. The average molecular weight is 211 g/mol. The lowest BCUT2D eigenvalue weighted by Crippen LogP contribution is -2.13. The molecule has 0 aliphatic rings. The second-order valence-electron chi connectivity index (χ2n) is 4.02. The second-order valence-corrected chi connectivity index (χ2v) is 4.02. The van der Waals surface area contributed by atoms with Crippen molar-refractivity contribution in [1.82, 2.24) is 9.88 Å². The van der Waals surface area contributed by atoms with Crippen molar-refractivity contribution in [2.75, 3.05) is 14.1 Å². The van der Waals surface area contributed by atoms with E-state index in [2.05, 4.69) is 11.1 Å². The Balaban J connectivity index is 2.59. The van der Waals surface area contributed by atoms with E-state index in [0.717, 1.165) is 16.6 Å². The Morgan fingerprint density at radius 1 is 1.31 bits per heavy atom. The molecule has 0 saturated carbocycles. The summed E-state index contributed by atoms with van der Waals surface area (Å²) in [6.45, 7) is 0.688. The zero-order valence-corrected chi connectivity index (χ0v) is 9.44. The summed E-state index contributed by atoms with van der Waals surface area (Å²) in [5.41, 5.74) is 2.44. The standard InChI is InChI=1S/C13H13N3/c1-16(2)9-13-11(8-14)7-10-5-3-4-6-12(10)15-13/h3-7H,9H2,1-2H3. The molecule has 1 aromatic heterocycles. The van der Waals surface area contributed by atoms with E-state index in [0.29, 0.717) is 12.1 Å². The largest absolute Gasteiger partial charge is 0.304 e. The third-order valence-corrected chi connectivity index (χ3v) is 2.39. The van der Waals surface area contributed by atoms with E-state index in [9.17, 15) is 0 Å². The van der Waals surface area contributed by atoms with E-state index in [1.807, 2.05) is 49.3 Å². The van der Waals surface area contributed by atoms with E-state index in [1.54, 1.807) is 0 Å². The molecule has 1 aromatic carbocycles. The number of aromatic nitrogens is 1. The van der Waals surface area contributed by atoms with E-state index in [1.165, 1.54) is 0 Å². The lowest BCUT2D eigenvalue weighted by Gasteiger charge is -2.11. The summed E-state index contributed by atoms with van der Waals surface area (Å²) in [5, 5.41) is 10.1. The first-order chi connectivity index (χ1) is 7.70.